The summed E-state index contributed by atoms with van der Waals surface area (Å²) in [5.74, 6) is 0.244. The van der Waals surface area contributed by atoms with Gasteiger partial charge in [-0.25, -0.2) is 9.37 Å². The van der Waals surface area contributed by atoms with Gasteiger partial charge in [0, 0.05) is 24.0 Å². The molecule has 0 aliphatic carbocycles. The molecular weight excluding hydrogens is 395 g/mol. The number of aromatic amines is 1. The normalized spacial score (nSPS) is 15.7. The quantitative estimate of drug-likeness (QED) is 0.543. The maximum Gasteiger partial charge on any atom is 0.256 e. The number of hydrogen-bond acceptors (Lipinski definition) is 4. The minimum atomic E-state index is -0.355. The summed E-state index contributed by atoms with van der Waals surface area (Å²) in [6.45, 7) is 2.34. The number of nitrogens with one attached hydrogen (secondary N) is 1. The molecule has 7 heteroatoms. The number of carbonyl (C=O) groups is 1. The highest BCUT2D eigenvalue weighted by atomic mass is 19.1. The molecule has 1 N–H and O–H groups in total. The maximum atomic E-state index is 13.8. The summed E-state index contributed by atoms with van der Waals surface area (Å²) in [7, 11) is 1.62. The first-order valence-electron chi connectivity index (χ1n) is 10.1. The highest BCUT2D eigenvalue weighted by Gasteiger charge is 2.35. The fourth-order valence-electron chi connectivity index (χ4n) is 4.23. The summed E-state index contributed by atoms with van der Waals surface area (Å²) in [5.41, 5.74) is 4.55. The monoisotopic (exact) mass is 416 g/mol. The lowest BCUT2D eigenvalue weighted by atomic mass is 9.94. The first-order valence-corrected chi connectivity index (χ1v) is 10.1. The number of rotatable bonds is 3. The van der Waals surface area contributed by atoms with Crippen LogP contribution in [0, 0.1) is 12.7 Å². The van der Waals surface area contributed by atoms with Crippen molar-refractivity contribution >= 4 is 16.8 Å². The number of benzene rings is 2. The van der Waals surface area contributed by atoms with Gasteiger partial charge in [-0.1, -0.05) is 12.1 Å². The fourth-order valence-corrected chi connectivity index (χ4v) is 4.23. The minimum Gasteiger partial charge on any atom is -0.497 e. The van der Waals surface area contributed by atoms with Crippen molar-refractivity contribution < 1.29 is 13.9 Å². The van der Waals surface area contributed by atoms with E-state index in [1.54, 1.807) is 25.6 Å². The van der Waals surface area contributed by atoms with Gasteiger partial charge in [-0.2, -0.15) is 0 Å². The molecule has 2 aromatic carbocycles. The molecule has 0 bridgehead atoms. The molecule has 0 fully saturated rings. The molecule has 2 aromatic heterocycles. The lowest BCUT2D eigenvalue weighted by molar-refractivity contribution is 0.0689. The predicted octanol–water partition coefficient (Wildman–Crippen LogP) is 4.20. The van der Waals surface area contributed by atoms with Crippen molar-refractivity contribution in [1.82, 2.24) is 19.9 Å². The zero-order valence-corrected chi connectivity index (χ0v) is 17.2. The number of halogens is 1. The second-order valence-corrected chi connectivity index (χ2v) is 7.65. The number of fused-ring (bicyclic) bond motifs is 2. The maximum absolute atomic E-state index is 13.8. The minimum absolute atomic E-state index is 0.148. The van der Waals surface area contributed by atoms with Gasteiger partial charge < -0.3 is 14.6 Å². The Balaban J connectivity index is 1.59. The summed E-state index contributed by atoms with van der Waals surface area (Å²) in [5, 5.41) is 0.604. The van der Waals surface area contributed by atoms with Gasteiger partial charge in [-0.05, 0) is 48.9 Å². The highest BCUT2D eigenvalue weighted by molar-refractivity contribution is 5.99. The first-order chi connectivity index (χ1) is 15.0. The van der Waals surface area contributed by atoms with Crippen LogP contribution >= 0.6 is 0 Å². The van der Waals surface area contributed by atoms with Crippen molar-refractivity contribution in [2.45, 2.75) is 19.4 Å². The van der Waals surface area contributed by atoms with Crippen molar-refractivity contribution in [2.24, 2.45) is 0 Å². The standard InChI is InChI=1S/C24H21FN4O2/c1-14-19(12-16-11-17(25)5-8-20(16)28-14)24(30)29-10-9-21-22(27-13-26-21)23(29)15-3-6-18(31-2)7-4-15/h3-8,11-13,23H,9-10H2,1-2H3,(H,26,27)/t23-/m1/s1. The van der Waals surface area contributed by atoms with Crippen LogP contribution in [-0.4, -0.2) is 39.4 Å². The van der Waals surface area contributed by atoms with E-state index in [2.05, 4.69) is 15.0 Å². The smallest absolute Gasteiger partial charge is 0.256 e. The largest absolute Gasteiger partial charge is 0.497 e. The van der Waals surface area contributed by atoms with Gasteiger partial charge in [0.25, 0.3) is 5.91 Å². The van der Waals surface area contributed by atoms with Crippen LogP contribution in [-0.2, 0) is 6.42 Å². The number of carbonyl (C=O) groups excluding carboxylic acids is 1. The van der Waals surface area contributed by atoms with E-state index in [-0.39, 0.29) is 17.8 Å². The summed E-state index contributed by atoms with van der Waals surface area (Å²) >= 11 is 0. The van der Waals surface area contributed by atoms with Crippen molar-refractivity contribution in [1.29, 1.82) is 0 Å². The topological polar surface area (TPSA) is 71.1 Å². The van der Waals surface area contributed by atoms with Crippen LogP contribution < -0.4 is 4.74 Å². The van der Waals surface area contributed by atoms with Crippen LogP contribution in [0.15, 0.2) is 54.9 Å². The SMILES string of the molecule is COc1ccc([C@@H]2c3nc[nH]c3CCN2C(=O)c2cc3cc(F)ccc3nc2C)cc1. The van der Waals surface area contributed by atoms with Gasteiger partial charge in [0.05, 0.1) is 35.9 Å². The zero-order chi connectivity index (χ0) is 21.5. The Morgan fingerprint density at radius 2 is 2.00 bits per heavy atom. The predicted molar refractivity (Wildman–Crippen MR) is 115 cm³/mol. The number of imidazole rings is 1. The molecule has 0 saturated carbocycles. The molecule has 0 unspecified atom stereocenters. The number of nitrogens with zero attached hydrogens (tertiary/aromatic N) is 3. The Labute approximate surface area is 178 Å². The molecule has 31 heavy (non-hydrogen) atoms. The zero-order valence-electron chi connectivity index (χ0n) is 17.2. The number of methoxy groups -OCH3 is 1. The molecule has 156 valence electrons. The molecule has 4 aromatic rings. The van der Waals surface area contributed by atoms with E-state index in [0.29, 0.717) is 35.1 Å². The molecule has 3 heterocycles. The van der Waals surface area contributed by atoms with Crippen molar-refractivity contribution in [3.05, 3.63) is 88.9 Å². The van der Waals surface area contributed by atoms with Gasteiger partial charge in [0.15, 0.2) is 0 Å². The molecule has 1 aliphatic rings. The first kappa shape index (κ1) is 19.2. The van der Waals surface area contributed by atoms with Crippen LogP contribution in [0.3, 0.4) is 0 Å². The Bertz CT molecular complexity index is 1280. The van der Waals surface area contributed by atoms with E-state index in [9.17, 15) is 9.18 Å². The molecule has 1 atom stereocenters. The molecule has 0 radical (unpaired) electrons. The van der Waals surface area contributed by atoms with E-state index in [1.807, 2.05) is 36.1 Å². The number of hydrogen-bond donors (Lipinski definition) is 1. The van der Waals surface area contributed by atoms with Crippen molar-refractivity contribution in [3.8, 4) is 5.75 Å². The lowest BCUT2D eigenvalue weighted by Crippen LogP contribution is -2.41. The van der Waals surface area contributed by atoms with Gasteiger partial charge in [0.1, 0.15) is 17.6 Å². The second kappa shape index (κ2) is 7.50. The second-order valence-electron chi connectivity index (χ2n) is 7.65. The van der Waals surface area contributed by atoms with E-state index >= 15 is 0 Å². The molecule has 6 nitrogen and oxygen atoms in total. The Morgan fingerprint density at radius 3 is 2.77 bits per heavy atom. The molecule has 1 aliphatic heterocycles. The number of H-pyrrole nitrogens is 1. The Kier molecular flexibility index (Phi) is 4.66. The van der Waals surface area contributed by atoms with E-state index in [4.69, 9.17) is 4.74 Å². The number of amides is 1. The van der Waals surface area contributed by atoms with Crippen LogP contribution in [0.2, 0.25) is 0 Å². The lowest BCUT2D eigenvalue weighted by Gasteiger charge is -2.35. The third-order valence-electron chi connectivity index (χ3n) is 5.82. The molecule has 1 amide bonds. The van der Waals surface area contributed by atoms with Gasteiger partial charge >= 0.3 is 0 Å². The van der Waals surface area contributed by atoms with Gasteiger partial charge in [0.2, 0.25) is 0 Å². The Hall–Kier alpha value is -3.74. The molecule has 5 rings (SSSR count). The van der Waals surface area contributed by atoms with Crippen LogP contribution in [0.1, 0.15) is 39.0 Å². The molecular formula is C24H21FN4O2. The summed E-state index contributed by atoms with van der Waals surface area (Å²) in [6, 6.07) is 13.5. The van der Waals surface area contributed by atoms with Crippen LogP contribution in [0.5, 0.6) is 5.75 Å². The van der Waals surface area contributed by atoms with Crippen molar-refractivity contribution in [2.75, 3.05) is 13.7 Å². The summed E-state index contributed by atoms with van der Waals surface area (Å²) in [4.78, 5) is 27.8. The Morgan fingerprint density at radius 1 is 1.19 bits per heavy atom. The van der Waals surface area contributed by atoms with Gasteiger partial charge in [-0.15, -0.1) is 0 Å². The summed E-state index contributed by atoms with van der Waals surface area (Å²) in [6.07, 6.45) is 2.35. The van der Waals surface area contributed by atoms with E-state index in [0.717, 1.165) is 22.7 Å². The average molecular weight is 416 g/mol. The summed E-state index contributed by atoms with van der Waals surface area (Å²) < 4.78 is 19.0. The van der Waals surface area contributed by atoms with Crippen molar-refractivity contribution in [3.63, 3.8) is 0 Å². The average Bonchev–Trinajstić information content (AvgIpc) is 3.27. The number of pyridine rings is 1. The van der Waals surface area contributed by atoms with Gasteiger partial charge in [-0.3, -0.25) is 9.78 Å². The third-order valence-corrected chi connectivity index (χ3v) is 5.82. The molecule has 0 saturated heterocycles. The third kappa shape index (κ3) is 3.32. The molecule has 0 spiro atoms. The van der Waals surface area contributed by atoms with Crippen LogP contribution in [0.25, 0.3) is 10.9 Å². The number of ether oxygens (including phenoxy) is 1. The van der Waals surface area contributed by atoms with Crippen LogP contribution in [0.4, 0.5) is 4.39 Å². The highest BCUT2D eigenvalue weighted by Crippen LogP contribution is 2.35. The van der Waals surface area contributed by atoms with E-state index in [1.165, 1.54) is 12.1 Å². The number of aromatic nitrogens is 3. The number of aryl methyl sites for hydroxylation is 1. The van der Waals surface area contributed by atoms with E-state index < -0.39 is 0 Å². The fraction of sp³-hybridized carbons (Fsp3) is 0.208.